The summed E-state index contributed by atoms with van der Waals surface area (Å²) in [6, 6.07) is 0.733. The Hall–Kier alpha value is -0.0800. The second kappa shape index (κ2) is 7.29. The zero-order chi connectivity index (χ0) is 12.0. The minimum Gasteiger partial charge on any atom is -0.316 e. The van der Waals surface area contributed by atoms with Crippen molar-refractivity contribution in [2.24, 2.45) is 11.8 Å². The number of nitrogens with zero attached hydrogens (tertiary/aromatic N) is 1. The standard InChI is InChI=1S/C14H30N2/c1-5-13(3)16(4)10-8-12(2)14-7-6-9-15-11-14/h12-15H,5-11H2,1-4H3. The summed E-state index contributed by atoms with van der Waals surface area (Å²) in [6.45, 7) is 10.8. The van der Waals surface area contributed by atoms with E-state index < -0.39 is 0 Å². The molecule has 2 nitrogen and oxygen atoms in total. The highest BCUT2D eigenvalue weighted by atomic mass is 15.1. The third-order valence-corrected chi connectivity index (χ3v) is 4.42. The lowest BCUT2D eigenvalue weighted by molar-refractivity contribution is 0.202. The molecule has 0 aromatic heterocycles. The first-order chi connectivity index (χ1) is 7.65. The van der Waals surface area contributed by atoms with E-state index in [-0.39, 0.29) is 0 Å². The summed E-state index contributed by atoms with van der Waals surface area (Å²) in [4.78, 5) is 2.51. The van der Waals surface area contributed by atoms with E-state index in [9.17, 15) is 0 Å². The first-order valence-electron chi connectivity index (χ1n) is 7.06. The van der Waals surface area contributed by atoms with Gasteiger partial charge in [0.2, 0.25) is 0 Å². The van der Waals surface area contributed by atoms with Gasteiger partial charge in [0.05, 0.1) is 0 Å². The molecular formula is C14H30N2. The number of hydrogen-bond acceptors (Lipinski definition) is 2. The molecule has 0 saturated carbocycles. The van der Waals surface area contributed by atoms with Gasteiger partial charge in [-0.3, -0.25) is 0 Å². The SMILES string of the molecule is CCC(C)N(C)CCC(C)C1CCCNC1. The quantitative estimate of drug-likeness (QED) is 0.749. The van der Waals surface area contributed by atoms with E-state index in [1.54, 1.807) is 0 Å². The van der Waals surface area contributed by atoms with Gasteiger partial charge in [-0.2, -0.15) is 0 Å². The van der Waals surface area contributed by atoms with E-state index in [1.807, 2.05) is 0 Å². The second-order valence-electron chi connectivity index (χ2n) is 5.61. The van der Waals surface area contributed by atoms with Crippen molar-refractivity contribution in [3.05, 3.63) is 0 Å². The normalized spacial score (nSPS) is 25.7. The van der Waals surface area contributed by atoms with E-state index in [0.717, 1.165) is 17.9 Å². The molecule has 0 aromatic rings. The third kappa shape index (κ3) is 4.42. The van der Waals surface area contributed by atoms with Crippen molar-refractivity contribution >= 4 is 0 Å². The lowest BCUT2D eigenvalue weighted by atomic mass is 9.85. The Morgan fingerprint density at radius 2 is 2.12 bits per heavy atom. The molecule has 1 N–H and O–H groups in total. The zero-order valence-corrected chi connectivity index (χ0v) is 11.6. The summed E-state index contributed by atoms with van der Waals surface area (Å²) < 4.78 is 0. The van der Waals surface area contributed by atoms with Crippen LogP contribution in [0.15, 0.2) is 0 Å². The van der Waals surface area contributed by atoms with Crippen LogP contribution in [0.2, 0.25) is 0 Å². The topological polar surface area (TPSA) is 15.3 Å². The Morgan fingerprint density at radius 1 is 1.38 bits per heavy atom. The highest BCUT2D eigenvalue weighted by Gasteiger charge is 2.20. The summed E-state index contributed by atoms with van der Waals surface area (Å²) in [5.74, 6) is 1.79. The third-order valence-electron chi connectivity index (χ3n) is 4.42. The van der Waals surface area contributed by atoms with Crippen LogP contribution in [-0.2, 0) is 0 Å². The average Bonchev–Trinajstić information content (AvgIpc) is 2.35. The molecule has 2 heteroatoms. The van der Waals surface area contributed by atoms with Crippen molar-refractivity contribution < 1.29 is 0 Å². The Balaban J connectivity index is 2.20. The van der Waals surface area contributed by atoms with Crippen LogP contribution in [0.3, 0.4) is 0 Å². The van der Waals surface area contributed by atoms with Gasteiger partial charge in [0.25, 0.3) is 0 Å². The van der Waals surface area contributed by atoms with Gasteiger partial charge in [-0.25, -0.2) is 0 Å². The highest BCUT2D eigenvalue weighted by Crippen LogP contribution is 2.22. The molecule has 1 aliphatic heterocycles. The van der Waals surface area contributed by atoms with Gasteiger partial charge >= 0.3 is 0 Å². The first-order valence-corrected chi connectivity index (χ1v) is 7.06. The van der Waals surface area contributed by atoms with E-state index in [4.69, 9.17) is 0 Å². The van der Waals surface area contributed by atoms with Crippen molar-refractivity contribution in [1.82, 2.24) is 10.2 Å². The minimum atomic E-state index is 0.733. The van der Waals surface area contributed by atoms with Crippen LogP contribution in [0.25, 0.3) is 0 Å². The molecule has 0 amide bonds. The maximum atomic E-state index is 3.52. The fraction of sp³-hybridized carbons (Fsp3) is 1.00. The van der Waals surface area contributed by atoms with Gasteiger partial charge in [-0.05, 0) is 71.1 Å². The summed E-state index contributed by atoms with van der Waals surface area (Å²) >= 11 is 0. The molecule has 1 rings (SSSR count). The Bertz CT molecular complexity index is 176. The maximum absolute atomic E-state index is 3.52. The number of rotatable bonds is 6. The Kier molecular flexibility index (Phi) is 6.37. The fourth-order valence-corrected chi connectivity index (χ4v) is 2.54. The zero-order valence-electron chi connectivity index (χ0n) is 11.6. The number of hydrogen-bond donors (Lipinski definition) is 1. The molecule has 0 spiro atoms. The number of nitrogens with one attached hydrogen (secondary N) is 1. The largest absolute Gasteiger partial charge is 0.316 e. The maximum Gasteiger partial charge on any atom is 0.00612 e. The van der Waals surface area contributed by atoms with Crippen LogP contribution in [0.1, 0.15) is 46.5 Å². The summed E-state index contributed by atoms with van der Waals surface area (Å²) in [5, 5.41) is 3.52. The predicted molar refractivity (Wildman–Crippen MR) is 71.8 cm³/mol. The van der Waals surface area contributed by atoms with Gasteiger partial charge in [-0.1, -0.05) is 13.8 Å². The first kappa shape index (κ1) is 14.0. The van der Waals surface area contributed by atoms with E-state index in [0.29, 0.717) is 0 Å². The summed E-state index contributed by atoms with van der Waals surface area (Å²) in [6.07, 6.45) is 5.42. The minimum absolute atomic E-state index is 0.733. The Morgan fingerprint density at radius 3 is 2.69 bits per heavy atom. The summed E-state index contributed by atoms with van der Waals surface area (Å²) in [5.41, 5.74) is 0. The van der Waals surface area contributed by atoms with Gasteiger partial charge in [0.15, 0.2) is 0 Å². The molecule has 3 atom stereocenters. The second-order valence-corrected chi connectivity index (χ2v) is 5.61. The fourth-order valence-electron chi connectivity index (χ4n) is 2.54. The van der Waals surface area contributed by atoms with Gasteiger partial charge in [0, 0.05) is 6.04 Å². The molecule has 1 heterocycles. The van der Waals surface area contributed by atoms with Crippen molar-refractivity contribution in [2.75, 3.05) is 26.7 Å². The van der Waals surface area contributed by atoms with E-state index in [2.05, 4.69) is 38.0 Å². The lowest BCUT2D eigenvalue weighted by Gasteiger charge is -2.31. The van der Waals surface area contributed by atoms with E-state index >= 15 is 0 Å². The average molecular weight is 226 g/mol. The van der Waals surface area contributed by atoms with Gasteiger partial charge in [0.1, 0.15) is 0 Å². The lowest BCUT2D eigenvalue weighted by Crippen LogP contribution is -2.35. The summed E-state index contributed by atoms with van der Waals surface area (Å²) in [7, 11) is 2.26. The van der Waals surface area contributed by atoms with Crippen molar-refractivity contribution in [1.29, 1.82) is 0 Å². The highest BCUT2D eigenvalue weighted by molar-refractivity contribution is 4.75. The molecule has 3 unspecified atom stereocenters. The van der Waals surface area contributed by atoms with Crippen molar-refractivity contribution in [3.8, 4) is 0 Å². The van der Waals surface area contributed by atoms with Crippen LogP contribution in [0, 0.1) is 11.8 Å². The molecule has 1 fully saturated rings. The molecule has 0 aliphatic carbocycles. The molecule has 0 radical (unpaired) electrons. The molecular weight excluding hydrogens is 196 g/mol. The predicted octanol–water partition coefficient (Wildman–Crippen LogP) is 2.74. The van der Waals surface area contributed by atoms with Crippen molar-refractivity contribution in [3.63, 3.8) is 0 Å². The number of piperidine rings is 1. The monoisotopic (exact) mass is 226 g/mol. The molecule has 0 aromatic carbocycles. The van der Waals surface area contributed by atoms with Crippen LogP contribution >= 0.6 is 0 Å². The molecule has 1 aliphatic rings. The van der Waals surface area contributed by atoms with Gasteiger partial charge < -0.3 is 10.2 Å². The van der Waals surface area contributed by atoms with Gasteiger partial charge in [-0.15, -0.1) is 0 Å². The molecule has 0 bridgehead atoms. The van der Waals surface area contributed by atoms with E-state index in [1.165, 1.54) is 45.3 Å². The molecule has 1 saturated heterocycles. The molecule has 16 heavy (non-hydrogen) atoms. The van der Waals surface area contributed by atoms with Crippen LogP contribution in [-0.4, -0.2) is 37.6 Å². The Labute approximate surface area is 102 Å². The van der Waals surface area contributed by atoms with Crippen LogP contribution in [0.4, 0.5) is 0 Å². The smallest absolute Gasteiger partial charge is 0.00612 e. The van der Waals surface area contributed by atoms with Crippen LogP contribution < -0.4 is 5.32 Å². The molecule has 96 valence electrons. The van der Waals surface area contributed by atoms with Crippen molar-refractivity contribution in [2.45, 2.75) is 52.5 Å². The van der Waals surface area contributed by atoms with Crippen LogP contribution in [0.5, 0.6) is 0 Å².